The first-order chi connectivity index (χ1) is 17.1. The van der Waals surface area contributed by atoms with Gasteiger partial charge in [0.15, 0.2) is 5.57 Å². The van der Waals surface area contributed by atoms with Crippen LogP contribution in [0.15, 0.2) is 89.7 Å². The number of nitrogens with zero attached hydrogens (tertiary/aromatic N) is 2. The van der Waals surface area contributed by atoms with E-state index in [9.17, 15) is 14.9 Å². The Balaban J connectivity index is 1.82. The number of amides is 1. The first-order valence-corrected chi connectivity index (χ1v) is 11.8. The molecule has 0 fully saturated rings. The average Bonchev–Trinajstić information content (AvgIpc) is 3.21. The average molecular weight is 482 g/mol. The Kier molecular flexibility index (Phi) is 7.56. The van der Waals surface area contributed by atoms with Gasteiger partial charge in [-0.25, -0.2) is 0 Å². The number of thiazole rings is 1. The van der Waals surface area contributed by atoms with E-state index in [1.54, 1.807) is 37.5 Å². The fourth-order valence-electron chi connectivity index (χ4n) is 3.64. The van der Waals surface area contributed by atoms with Gasteiger partial charge < -0.3 is 10.1 Å². The lowest BCUT2D eigenvalue weighted by atomic mass is 10.1. The van der Waals surface area contributed by atoms with Gasteiger partial charge >= 0.3 is 0 Å². The van der Waals surface area contributed by atoms with E-state index in [1.807, 2.05) is 66.7 Å². The lowest BCUT2D eigenvalue weighted by molar-refractivity contribution is -0.115. The van der Waals surface area contributed by atoms with Crippen LogP contribution in [0.4, 0.5) is 0 Å². The summed E-state index contributed by atoms with van der Waals surface area (Å²) >= 11 is 1.10. The number of para-hydroxylation sites is 2. The van der Waals surface area contributed by atoms with Crippen molar-refractivity contribution in [3.63, 3.8) is 0 Å². The molecule has 0 bridgehead atoms. The third-order valence-electron chi connectivity index (χ3n) is 5.36. The van der Waals surface area contributed by atoms with Crippen molar-refractivity contribution in [2.75, 3.05) is 13.7 Å². The van der Waals surface area contributed by atoms with Crippen LogP contribution in [0.3, 0.4) is 0 Å². The first-order valence-electron chi connectivity index (χ1n) is 11.0. The van der Waals surface area contributed by atoms with Gasteiger partial charge in [-0.1, -0.05) is 66.7 Å². The molecule has 1 aromatic heterocycles. The molecule has 0 unspecified atom stereocenters. The SMILES string of the molecule is COc1ccccc1/C=c1/s/c(=C(\C#N)C(=O)NCCc2ccccc2)n(-c2ccccc2)c1=O. The van der Waals surface area contributed by atoms with E-state index < -0.39 is 5.91 Å². The molecule has 4 rings (SSSR count). The Hall–Kier alpha value is -4.41. The zero-order valence-corrected chi connectivity index (χ0v) is 19.9. The van der Waals surface area contributed by atoms with Crippen LogP contribution in [0.25, 0.3) is 17.3 Å². The van der Waals surface area contributed by atoms with E-state index in [1.165, 1.54) is 4.57 Å². The highest BCUT2D eigenvalue weighted by Gasteiger charge is 2.17. The van der Waals surface area contributed by atoms with Gasteiger partial charge in [-0.15, -0.1) is 11.3 Å². The molecule has 4 aromatic rings. The maximum Gasteiger partial charge on any atom is 0.273 e. The van der Waals surface area contributed by atoms with Gasteiger partial charge in [0.25, 0.3) is 11.5 Å². The molecule has 174 valence electrons. The van der Waals surface area contributed by atoms with Crippen LogP contribution >= 0.6 is 11.3 Å². The maximum atomic E-state index is 13.5. The number of hydrogen-bond donors (Lipinski definition) is 1. The van der Waals surface area contributed by atoms with Crippen molar-refractivity contribution in [2.45, 2.75) is 6.42 Å². The van der Waals surface area contributed by atoms with Crippen molar-refractivity contribution in [2.24, 2.45) is 0 Å². The van der Waals surface area contributed by atoms with Crippen molar-refractivity contribution in [1.29, 1.82) is 5.26 Å². The van der Waals surface area contributed by atoms with E-state index in [-0.39, 0.29) is 15.8 Å². The molecule has 1 heterocycles. The van der Waals surface area contributed by atoms with E-state index >= 15 is 0 Å². The summed E-state index contributed by atoms with van der Waals surface area (Å²) in [6, 6.07) is 28.1. The van der Waals surface area contributed by atoms with E-state index in [2.05, 4.69) is 5.32 Å². The molecular weight excluding hydrogens is 458 g/mol. The van der Waals surface area contributed by atoms with Crippen molar-refractivity contribution in [3.8, 4) is 17.5 Å². The largest absolute Gasteiger partial charge is 0.496 e. The van der Waals surface area contributed by atoms with Crippen molar-refractivity contribution >= 4 is 28.9 Å². The number of nitriles is 1. The first kappa shape index (κ1) is 23.7. The van der Waals surface area contributed by atoms with Crippen LogP contribution in [-0.4, -0.2) is 24.1 Å². The van der Waals surface area contributed by atoms with Crippen LogP contribution in [0.1, 0.15) is 11.1 Å². The summed E-state index contributed by atoms with van der Waals surface area (Å²) in [6.07, 6.45) is 2.35. The molecule has 0 aliphatic rings. The number of benzene rings is 3. The monoisotopic (exact) mass is 481 g/mol. The number of carbonyl (C=O) groups excluding carboxylic acids is 1. The van der Waals surface area contributed by atoms with Crippen LogP contribution in [-0.2, 0) is 11.2 Å². The number of nitrogens with one attached hydrogen (secondary N) is 1. The molecular formula is C28H23N3O3S. The van der Waals surface area contributed by atoms with Gasteiger partial charge in [-0.2, -0.15) is 5.26 Å². The summed E-state index contributed by atoms with van der Waals surface area (Å²) in [7, 11) is 1.57. The minimum Gasteiger partial charge on any atom is -0.496 e. The predicted octanol–water partition coefficient (Wildman–Crippen LogP) is 2.77. The smallest absolute Gasteiger partial charge is 0.273 e. The Labute approximate surface area is 206 Å². The number of rotatable bonds is 7. The molecule has 0 aliphatic carbocycles. The topological polar surface area (TPSA) is 84.1 Å². The van der Waals surface area contributed by atoms with Crippen LogP contribution in [0, 0.1) is 11.3 Å². The molecule has 0 radical (unpaired) electrons. The highest BCUT2D eigenvalue weighted by atomic mass is 32.1. The third-order valence-corrected chi connectivity index (χ3v) is 6.45. The third kappa shape index (κ3) is 5.40. The summed E-state index contributed by atoms with van der Waals surface area (Å²) in [4.78, 5) is 26.5. The van der Waals surface area contributed by atoms with E-state index in [4.69, 9.17) is 4.74 Å². The molecule has 7 heteroatoms. The second kappa shape index (κ2) is 11.1. The molecule has 0 aliphatic heterocycles. The fourth-order valence-corrected chi connectivity index (χ4v) is 4.73. The molecule has 1 amide bonds. The molecule has 0 atom stereocenters. The zero-order chi connectivity index (χ0) is 24.6. The Morgan fingerprint density at radius 1 is 1.03 bits per heavy atom. The number of methoxy groups -OCH3 is 1. The zero-order valence-electron chi connectivity index (χ0n) is 19.1. The van der Waals surface area contributed by atoms with Gasteiger partial charge in [0.2, 0.25) is 0 Å². The van der Waals surface area contributed by atoms with Gasteiger partial charge in [0, 0.05) is 12.1 Å². The number of aromatic nitrogens is 1. The van der Waals surface area contributed by atoms with Crippen LogP contribution < -0.4 is 24.8 Å². The van der Waals surface area contributed by atoms with Gasteiger partial charge in [-0.05, 0) is 36.3 Å². The summed E-state index contributed by atoms with van der Waals surface area (Å²) in [5, 5.41) is 12.7. The van der Waals surface area contributed by atoms with Crippen LogP contribution in [0.5, 0.6) is 5.75 Å². The summed E-state index contributed by atoms with van der Waals surface area (Å²) in [5.74, 6) is 0.106. The predicted molar refractivity (Wildman–Crippen MR) is 138 cm³/mol. The molecule has 1 N–H and O–H groups in total. The van der Waals surface area contributed by atoms with Crippen molar-refractivity contribution < 1.29 is 9.53 Å². The highest BCUT2D eigenvalue weighted by molar-refractivity contribution is 7.07. The van der Waals surface area contributed by atoms with Crippen molar-refractivity contribution in [3.05, 3.63) is 116 Å². The second-order valence-electron chi connectivity index (χ2n) is 7.61. The summed E-state index contributed by atoms with van der Waals surface area (Å²) in [6.45, 7) is 0.370. The van der Waals surface area contributed by atoms with E-state index in [0.29, 0.717) is 28.9 Å². The van der Waals surface area contributed by atoms with Gasteiger partial charge in [0.05, 0.1) is 17.3 Å². The number of hydrogen-bond acceptors (Lipinski definition) is 5. The lowest BCUT2D eigenvalue weighted by Crippen LogP contribution is -2.34. The van der Waals surface area contributed by atoms with Crippen LogP contribution in [0.2, 0.25) is 0 Å². The van der Waals surface area contributed by atoms with Gasteiger partial charge in [0.1, 0.15) is 16.5 Å². The summed E-state index contributed by atoms with van der Waals surface area (Å²) in [5.41, 5.74) is 1.96. The highest BCUT2D eigenvalue weighted by Crippen LogP contribution is 2.17. The number of carbonyl (C=O) groups is 1. The normalized spacial score (nSPS) is 12.1. The molecule has 0 spiro atoms. The molecule has 3 aromatic carbocycles. The fraction of sp³-hybridized carbons (Fsp3) is 0.107. The van der Waals surface area contributed by atoms with Gasteiger partial charge in [-0.3, -0.25) is 14.2 Å². The molecule has 6 nitrogen and oxygen atoms in total. The van der Waals surface area contributed by atoms with E-state index in [0.717, 1.165) is 22.5 Å². The molecule has 0 saturated heterocycles. The molecule has 0 saturated carbocycles. The minimum absolute atomic E-state index is 0.108. The lowest BCUT2D eigenvalue weighted by Gasteiger charge is -2.06. The Morgan fingerprint density at radius 2 is 1.69 bits per heavy atom. The quantitative estimate of drug-likeness (QED) is 0.440. The Bertz CT molecular complexity index is 1550. The summed E-state index contributed by atoms with van der Waals surface area (Å²) < 4.78 is 7.49. The standard InChI is InChI=1S/C28H23N3O3S/c1-34-24-15-9-8-12-21(24)18-25-27(33)31(22-13-6-3-7-14-22)28(35-25)23(19-29)26(32)30-17-16-20-10-4-2-5-11-20/h2-15,18H,16-17H2,1H3,(H,30,32)/b25-18+,28-23+. The number of ether oxygens (including phenoxy) is 1. The van der Waals surface area contributed by atoms with Crippen molar-refractivity contribution in [1.82, 2.24) is 9.88 Å². The maximum absolute atomic E-state index is 13.5. The Morgan fingerprint density at radius 3 is 2.37 bits per heavy atom. The minimum atomic E-state index is -0.516. The second-order valence-corrected chi connectivity index (χ2v) is 8.64. The molecule has 35 heavy (non-hydrogen) atoms.